The maximum absolute atomic E-state index is 11.6. The first-order chi connectivity index (χ1) is 10.1. The highest BCUT2D eigenvalue weighted by atomic mass is 127. The summed E-state index contributed by atoms with van der Waals surface area (Å²) >= 11 is 0. The third-order valence-corrected chi connectivity index (χ3v) is 3.18. The van der Waals surface area contributed by atoms with Gasteiger partial charge in [0.2, 0.25) is 0 Å². The third kappa shape index (κ3) is 7.11. The smallest absolute Gasteiger partial charge is 0.251 e. The van der Waals surface area contributed by atoms with Gasteiger partial charge in [-0.3, -0.25) is 4.79 Å². The van der Waals surface area contributed by atoms with Crippen molar-refractivity contribution >= 4 is 35.8 Å². The molecule has 5 nitrogen and oxygen atoms in total. The van der Waals surface area contributed by atoms with Crippen LogP contribution in [0.2, 0.25) is 0 Å². The van der Waals surface area contributed by atoms with Crippen molar-refractivity contribution in [1.29, 1.82) is 0 Å². The van der Waals surface area contributed by atoms with E-state index in [1.165, 1.54) is 0 Å². The van der Waals surface area contributed by atoms with Crippen molar-refractivity contribution in [3.05, 3.63) is 35.4 Å². The van der Waals surface area contributed by atoms with Crippen LogP contribution in [0, 0.1) is 0 Å². The Balaban J connectivity index is 0.00000441. The van der Waals surface area contributed by atoms with Crippen LogP contribution < -0.4 is 16.0 Å². The van der Waals surface area contributed by atoms with Crippen molar-refractivity contribution in [1.82, 2.24) is 16.0 Å². The van der Waals surface area contributed by atoms with E-state index in [1.54, 1.807) is 13.1 Å². The molecule has 0 aromatic heterocycles. The van der Waals surface area contributed by atoms with Gasteiger partial charge in [0.25, 0.3) is 5.91 Å². The Hall–Kier alpha value is -1.31. The number of guanidine groups is 1. The molecule has 1 aromatic rings. The van der Waals surface area contributed by atoms with Crippen LogP contribution >= 0.6 is 24.0 Å². The molecule has 1 rings (SSSR count). The summed E-state index contributed by atoms with van der Waals surface area (Å²) in [5.41, 5.74) is 1.67. The van der Waals surface area contributed by atoms with Crippen molar-refractivity contribution in [2.24, 2.45) is 4.99 Å². The van der Waals surface area contributed by atoms with Crippen LogP contribution in [0.15, 0.2) is 29.3 Å². The summed E-state index contributed by atoms with van der Waals surface area (Å²) in [5.74, 6) is 0.725. The fourth-order valence-electron chi connectivity index (χ4n) is 1.78. The van der Waals surface area contributed by atoms with E-state index < -0.39 is 0 Å². The van der Waals surface area contributed by atoms with E-state index in [0.717, 1.165) is 24.5 Å². The van der Waals surface area contributed by atoms with Gasteiger partial charge in [-0.05, 0) is 38.0 Å². The molecule has 0 radical (unpaired) electrons. The third-order valence-electron chi connectivity index (χ3n) is 3.18. The number of halogens is 1. The Morgan fingerprint density at radius 1 is 1.32 bits per heavy atom. The molecule has 0 saturated heterocycles. The monoisotopic (exact) mass is 418 g/mol. The van der Waals surface area contributed by atoms with Crippen molar-refractivity contribution in [2.75, 3.05) is 13.6 Å². The molecule has 6 heteroatoms. The molecule has 1 unspecified atom stereocenters. The predicted octanol–water partition coefficient (Wildman–Crippen LogP) is 2.52. The Labute approximate surface area is 150 Å². The number of nitrogens with one attached hydrogen (secondary N) is 3. The number of hydrogen-bond donors (Lipinski definition) is 3. The van der Waals surface area contributed by atoms with Gasteiger partial charge < -0.3 is 16.0 Å². The molecular weight excluding hydrogens is 391 g/mol. The molecule has 124 valence electrons. The molecule has 0 fully saturated rings. The highest BCUT2D eigenvalue weighted by Gasteiger charge is 2.05. The summed E-state index contributed by atoms with van der Waals surface area (Å²) in [6, 6.07) is 7.90. The average Bonchev–Trinajstić information content (AvgIpc) is 2.52. The molecule has 1 atom stereocenters. The summed E-state index contributed by atoms with van der Waals surface area (Å²) in [7, 11) is 1.63. The van der Waals surface area contributed by atoms with Crippen molar-refractivity contribution in [3.63, 3.8) is 0 Å². The zero-order valence-electron chi connectivity index (χ0n) is 13.8. The minimum atomic E-state index is -0.0783. The quantitative estimate of drug-likeness (QED) is 0.378. The van der Waals surface area contributed by atoms with E-state index >= 15 is 0 Å². The van der Waals surface area contributed by atoms with E-state index in [2.05, 4.69) is 34.8 Å². The number of aliphatic imine (C=N–C) groups is 1. The van der Waals surface area contributed by atoms with Gasteiger partial charge >= 0.3 is 0 Å². The summed E-state index contributed by atoms with van der Waals surface area (Å²) < 4.78 is 0. The van der Waals surface area contributed by atoms with Crippen LogP contribution in [0.25, 0.3) is 0 Å². The summed E-state index contributed by atoms with van der Waals surface area (Å²) in [6.45, 7) is 7.66. The van der Waals surface area contributed by atoms with Crippen molar-refractivity contribution < 1.29 is 4.79 Å². The second-order valence-corrected chi connectivity index (χ2v) is 4.93. The zero-order chi connectivity index (χ0) is 15.7. The molecule has 0 spiro atoms. The maximum atomic E-state index is 11.6. The molecule has 1 aromatic carbocycles. The summed E-state index contributed by atoms with van der Waals surface area (Å²) in [6.07, 6.45) is 1.04. The van der Waals surface area contributed by atoms with Crippen LogP contribution in [0.3, 0.4) is 0 Å². The minimum absolute atomic E-state index is 0. The molecule has 0 bridgehead atoms. The Morgan fingerprint density at radius 3 is 2.64 bits per heavy atom. The molecule has 22 heavy (non-hydrogen) atoms. The largest absolute Gasteiger partial charge is 0.357 e. The summed E-state index contributed by atoms with van der Waals surface area (Å²) in [4.78, 5) is 16.2. The fourth-order valence-corrected chi connectivity index (χ4v) is 1.78. The number of carbonyl (C=O) groups excluding carboxylic acids is 1. The normalized spacial score (nSPS) is 12.1. The van der Waals surface area contributed by atoms with Crippen molar-refractivity contribution in [3.8, 4) is 0 Å². The van der Waals surface area contributed by atoms with Gasteiger partial charge in [-0.2, -0.15) is 0 Å². The Bertz CT molecular complexity index is 491. The summed E-state index contributed by atoms with van der Waals surface area (Å²) in [5, 5.41) is 9.20. The SMILES string of the molecule is CCNC(=NCc1cccc(C(=O)NC)c1)NC(C)CC.I. The minimum Gasteiger partial charge on any atom is -0.357 e. The van der Waals surface area contributed by atoms with E-state index in [9.17, 15) is 4.79 Å². The number of nitrogens with zero attached hydrogens (tertiary/aromatic N) is 1. The number of hydrogen-bond acceptors (Lipinski definition) is 2. The highest BCUT2D eigenvalue weighted by Crippen LogP contribution is 2.06. The van der Waals surface area contributed by atoms with E-state index in [-0.39, 0.29) is 29.9 Å². The standard InChI is InChI=1S/C16H26N4O.HI/c1-5-12(3)20-16(18-6-2)19-11-13-8-7-9-14(10-13)15(21)17-4;/h7-10,12H,5-6,11H2,1-4H3,(H,17,21)(H2,18,19,20);1H. The van der Waals surface area contributed by atoms with Gasteiger partial charge in [0.1, 0.15) is 0 Å². The van der Waals surface area contributed by atoms with Crippen LogP contribution in [0.1, 0.15) is 43.1 Å². The number of amides is 1. The second-order valence-electron chi connectivity index (χ2n) is 4.93. The molecule has 0 aliphatic heterocycles. The van der Waals surface area contributed by atoms with Crippen molar-refractivity contribution in [2.45, 2.75) is 39.8 Å². The fraction of sp³-hybridized carbons (Fsp3) is 0.500. The van der Waals surface area contributed by atoms with Gasteiger partial charge in [-0.15, -0.1) is 24.0 Å². The van der Waals surface area contributed by atoms with Gasteiger partial charge in [0, 0.05) is 25.2 Å². The Morgan fingerprint density at radius 2 is 2.05 bits per heavy atom. The van der Waals surface area contributed by atoms with Crippen LogP contribution in [-0.4, -0.2) is 31.5 Å². The number of carbonyl (C=O) groups is 1. The number of benzene rings is 1. The van der Waals surface area contributed by atoms with Gasteiger partial charge in [-0.1, -0.05) is 19.1 Å². The lowest BCUT2D eigenvalue weighted by molar-refractivity contribution is 0.0963. The van der Waals surface area contributed by atoms with Crippen LogP contribution in [0.5, 0.6) is 0 Å². The number of rotatable bonds is 6. The van der Waals surface area contributed by atoms with Gasteiger partial charge in [-0.25, -0.2) is 4.99 Å². The van der Waals surface area contributed by atoms with E-state index in [0.29, 0.717) is 18.2 Å². The Kier molecular flexibility index (Phi) is 10.6. The molecule has 0 saturated carbocycles. The second kappa shape index (κ2) is 11.3. The molecule has 0 aliphatic rings. The van der Waals surface area contributed by atoms with Gasteiger partial charge in [0.15, 0.2) is 5.96 Å². The molecule has 0 heterocycles. The molecule has 0 aliphatic carbocycles. The van der Waals surface area contributed by atoms with Crippen LogP contribution in [0.4, 0.5) is 0 Å². The highest BCUT2D eigenvalue weighted by molar-refractivity contribution is 14.0. The molecular formula is C16H27IN4O. The first-order valence-corrected chi connectivity index (χ1v) is 7.46. The van der Waals surface area contributed by atoms with Crippen LogP contribution in [-0.2, 0) is 6.54 Å². The molecule has 1 amide bonds. The van der Waals surface area contributed by atoms with E-state index in [1.807, 2.05) is 25.1 Å². The lowest BCUT2D eigenvalue weighted by Crippen LogP contribution is -2.41. The first-order valence-electron chi connectivity index (χ1n) is 7.46. The lowest BCUT2D eigenvalue weighted by atomic mass is 10.1. The lowest BCUT2D eigenvalue weighted by Gasteiger charge is -2.16. The maximum Gasteiger partial charge on any atom is 0.251 e. The van der Waals surface area contributed by atoms with Gasteiger partial charge in [0.05, 0.1) is 6.54 Å². The van der Waals surface area contributed by atoms with E-state index in [4.69, 9.17) is 0 Å². The average molecular weight is 418 g/mol. The zero-order valence-corrected chi connectivity index (χ0v) is 16.1. The predicted molar refractivity (Wildman–Crippen MR) is 103 cm³/mol. The topological polar surface area (TPSA) is 65.5 Å². The molecule has 3 N–H and O–H groups in total. The first kappa shape index (κ1) is 20.7.